The summed E-state index contributed by atoms with van der Waals surface area (Å²) >= 11 is 0. The highest BCUT2D eigenvalue weighted by molar-refractivity contribution is 5.69. The molecule has 0 fully saturated rings. The van der Waals surface area contributed by atoms with Gasteiger partial charge in [-0.05, 0) is 25.5 Å². The molecule has 0 saturated heterocycles. The van der Waals surface area contributed by atoms with Gasteiger partial charge in [0.15, 0.2) is 0 Å². The van der Waals surface area contributed by atoms with E-state index >= 15 is 0 Å². The van der Waals surface area contributed by atoms with Gasteiger partial charge in [0.1, 0.15) is 5.75 Å². The van der Waals surface area contributed by atoms with E-state index in [1.54, 1.807) is 6.07 Å². The van der Waals surface area contributed by atoms with Crippen LogP contribution in [0.5, 0.6) is 5.75 Å². The number of aromatic hydroxyl groups is 1. The van der Waals surface area contributed by atoms with Crippen LogP contribution in [0.3, 0.4) is 0 Å². The smallest absolute Gasteiger partial charge is 0.123 e. The molecule has 1 nitrogen and oxygen atoms in total. The van der Waals surface area contributed by atoms with Crippen LogP contribution in [0.1, 0.15) is 25.0 Å². The summed E-state index contributed by atoms with van der Waals surface area (Å²) in [5.74, 6) is 0.328. The molecule has 0 atom stereocenters. The second kappa shape index (κ2) is 4.51. The van der Waals surface area contributed by atoms with Gasteiger partial charge in [0, 0.05) is 5.56 Å². The van der Waals surface area contributed by atoms with Crippen LogP contribution >= 0.6 is 0 Å². The number of phenolic OH excluding ortho intramolecular Hbond substituents is 1. The minimum absolute atomic E-state index is 0.328. The van der Waals surface area contributed by atoms with Gasteiger partial charge in [-0.15, -0.1) is 0 Å². The number of benzene rings is 1. The Kier molecular flexibility index (Phi) is 3.32. The Labute approximate surface area is 79.0 Å². The van der Waals surface area contributed by atoms with Gasteiger partial charge in [-0.1, -0.05) is 36.4 Å². The Bertz CT molecular complexity index is 335. The van der Waals surface area contributed by atoms with Crippen molar-refractivity contribution >= 4 is 12.2 Å². The second-order valence-corrected chi connectivity index (χ2v) is 2.78. The summed E-state index contributed by atoms with van der Waals surface area (Å²) in [4.78, 5) is 0. The summed E-state index contributed by atoms with van der Waals surface area (Å²) in [5, 5.41) is 9.56. The van der Waals surface area contributed by atoms with Crippen molar-refractivity contribution in [2.75, 3.05) is 0 Å². The predicted octanol–water partition coefficient (Wildman–Crippen LogP) is 3.46. The summed E-state index contributed by atoms with van der Waals surface area (Å²) in [7, 11) is 0. The van der Waals surface area contributed by atoms with E-state index in [0.29, 0.717) is 5.75 Å². The molecule has 0 spiro atoms. The monoisotopic (exact) mass is 174 g/mol. The standard InChI is InChI=1S/C12H14O/c1-3-6-10-8-5-9-12(13)11(10)7-4-2/h3-9,13H,1-2H3. The predicted molar refractivity (Wildman–Crippen MR) is 57.5 cm³/mol. The van der Waals surface area contributed by atoms with E-state index in [2.05, 4.69) is 0 Å². The molecule has 0 heterocycles. The van der Waals surface area contributed by atoms with Gasteiger partial charge in [0.25, 0.3) is 0 Å². The molecule has 1 aromatic carbocycles. The molecule has 0 radical (unpaired) electrons. The lowest BCUT2D eigenvalue weighted by atomic mass is 10.1. The van der Waals surface area contributed by atoms with Crippen molar-refractivity contribution in [2.24, 2.45) is 0 Å². The van der Waals surface area contributed by atoms with E-state index in [9.17, 15) is 5.11 Å². The maximum Gasteiger partial charge on any atom is 0.123 e. The van der Waals surface area contributed by atoms with E-state index in [0.717, 1.165) is 11.1 Å². The van der Waals surface area contributed by atoms with Crippen molar-refractivity contribution in [2.45, 2.75) is 13.8 Å². The third kappa shape index (κ3) is 2.22. The normalized spacial score (nSPS) is 11.5. The summed E-state index contributed by atoms with van der Waals surface area (Å²) in [6.45, 7) is 3.90. The molecule has 0 aliphatic carbocycles. The summed E-state index contributed by atoms with van der Waals surface area (Å²) < 4.78 is 0. The van der Waals surface area contributed by atoms with Crippen molar-refractivity contribution in [3.05, 3.63) is 41.5 Å². The van der Waals surface area contributed by atoms with Gasteiger partial charge < -0.3 is 5.11 Å². The first kappa shape index (κ1) is 9.59. The largest absolute Gasteiger partial charge is 0.507 e. The molecule has 0 aliphatic heterocycles. The maximum atomic E-state index is 9.56. The fourth-order valence-electron chi connectivity index (χ4n) is 1.24. The Balaban J connectivity index is 3.25. The molecule has 1 aromatic rings. The maximum absolute atomic E-state index is 9.56. The van der Waals surface area contributed by atoms with Crippen LogP contribution in [0.2, 0.25) is 0 Å². The summed E-state index contributed by atoms with van der Waals surface area (Å²) in [5.41, 5.74) is 1.92. The molecule has 0 saturated carbocycles. The first-order chi connectivity index (χ1) is 6.29. The molecule has 1 N–H and O–H groups in total. The lowest BCUT2D eigenvalue weighted by molar-refractivity contribution is 0.474. The lowest BCUT2D eigenvalue weighted by Gasteiger charge is -2.02. The molecular formula is C12H14O. The molecule has 1 heteroatoms. The zero-order chi connectivity index (χ0) is 9.68. The van der Waals surface area contributed by atoms with Crippen LogP contribution in [0.4, 0.5) is 0 Å². The molecule has 13 heavy (non-hydrogen) atoms. The molecule has 68 valence electrons. The lowest BCUT2D eigenvalue weighted by Crippen LogP contribution is -1.80. The Morgan fingerprint density at radius 2 is 1.77 bits per heavy atom. The minimum atomic E-state index is 0.328. The topological polar surface area (TPSA) is 20.2 Å². The fourth-order valence-corrected chi connectivity index (χ4v) is 1.24. The van der Waals surface area contributed by atoms with Gasteiger partial charge in [-0.2, -0.15) is 0 Å². The molecule has 0 bridgehead atoms. The zero-order valence-electron chi connectivity index (χ0n) is 7.99. The van der Waals surface area contributed by atoms with Crippen molar-refractivity contribution < 1.29 is 5.11 Å². The first-order valence-corrected chi connectivity index (χ1v) is 4.37. The van der Waals surface area contributed by atoms with Crippen LogP contribution in [0.15, 0.2) is 30.4 Å². The van der Waals surface area contributed by atoms with Crippen LogP contribution < -0.4 is 0 Å². The van der Waals surface area contributed by atoms with Gasteiger partial charge in [-0.3, -0.25) is 0 Å². The number of rotatable bonds is 2. The number of hydrogen-bond donors (Lipinski definition) is 1. The minimum Gasteiger partial charge on any atom is -0.507 e. The molecule has 0 aromatic heterocycles. The Hall–Kier alpha value is -1.50. The van der Waals surface area contributed by atoms with Gasteiger partial charge in [-0.25, -0.2) is 0 Å². The number of hydrogen-bond acceptors (Lipinski definition) is 1. The third-order valence-corrected chi connectivity index (χ3v) is 1.80. The van der Waals surface area contributed by atoms with Crippen LogP contribution in [0, 0.1) is 0 Å². The van der Waals surface area contributed by atoms with E-state index in [1.165, 1.54) is 0 Å². The average Bonchev–Trinajstić information content (AvgIpc) is 2.11. The van der Waals surface area contributed by atoms with Gasteiger partial charge >= 0.3 is 0 Å². The highest BCUT2D eigenvalue weighted by Crippen LogP contribution is 2.23. The Morgan fingerprint density at radius 1 is 1.08 bits per heavy atom. The number of allylic oxidation sites excluding steroid dienone is 2. The van der Waals surface area contributed by atoms with Crippen LogP contribution in [-0.4, -0.2) is 5.11 Å². The van der Waals surface area contributed by atoms with Crippen molar-refractivity contribution in [3.8, 4) is 5.75 Å². The SMILES string of the molecule is CC=Cc1cccc(O)c1C=CC. The molecule has 0 aliphatic rings. The van der Waals surface area contributed by atoms with E-state index in [-0.39, 0.29) is 0 Å². The molecule has 0 amide bonds. The Morgan fingerprint density at radius 3 is 2.38 bits per heavy atom. The van der Waals surface area contributed by atoms with Crippen LogP contribution in [-0.2, 0) is 0 Å². The highest BCUT2D eigenvalue weighted by Gasteiger charge is 2.00. The average molecular weight is 174 g/mol. The molecule has 1 rings (SSSR count). The molecular weight excluding hydrogens is 160 g/mol. The van der Waals surface area contributed by atoms with E-state index in [1.807, 2.05) is 50.3 Å². The number of phenols is 1. The first-order valence-electron chi connectivity index (χ1n) is 4.37. The quantitative estimate of drug-likeness (QED) is 0.728. The van der Waals surface area contributed by atoms with Crippen LogP contribution in [0.25, 0.3) is 12.2 Å². The summed E-state index contributed by atoms with van der Waals surface area (Å²) in [6, 6.07) is 5.52. The second-order valence-electron chi connectivity index (χ2n) is 2.78. The molecule has 0 unspecified atom stereocenters. The van der Waals surface area contributed by atoms with E-state index in [4.69, 9.17) is 0 Å². The fraction of sp³-hybridized carbons (Fsp3) is 0.167. The van der Waals surface area contributed by atoms with Crippen molar-refractivity contribution in [3.63, 3.8) is 0 Å². The summed E-state index contributed by atoms with van der Waals surface area (Å²) in [6.07, 6.45) is 7.77. The van der Waals surface area contributed by atoms with Crippen molar-refractivity contribution in [1.29, 1.82) is 0 Å². The zero-order valence-corrected chi connectivity index (χ0v) is 7.99. The van der Waals surface area contributed by atoms with E-state index < -0.39 is 0 Å². The third-order valence-electron chi connectivity index (χ3n) is 1.80. The van der Waals surface area contributed by atoms with Gasteiger partial charge in [0.05, 0.1) is 0 Å². The van der Waals surface area contributed by atoms with Crippen molar-refractivity contribution in [1.82, 2.24) is 0 Å². The highest BCUT2D eigenvalue weighted by atomic mass is 16.3. The van der Waals surface area contributed by atoms with Gasteiger partial charge in [0.2, 0.25) is 0 Å².